The molecule has 2 heterocycles. The predicted octanol–water partition coefficient (Wildman–Crippen LogP) is -2.45. The molecule has 0 bridgehead atoms. The lowest BCUT2D eigenvalue weighted by Crippen LogP contribution is -2.69. The molecule has 0 spiro atoms. The Bertz CT molecular complexity index is 1410. The van der Waals surface area contributed by atoms with Gasteiger partial charge in [0, 0.05) is 16.7 Å². The number of allylic oxidation sites excluding steroid dienone is 4. The normalized spacial score (nSPS) is 53.1. The Balaban J connectivity index is 1.21. The van der Waals surface area contributed by atoms with Crippen LogP contribution in [0.5, 0.6) is 0 Å². The third kappa shape index (κ3) is 5.10. The first-order chi connectivity index (χ1) is 23.4. The van der Waals surface area contributed by atoms with E-state index in [1.165, 1.54) is 18.2 Å². The van der Waals surface area contributed by atoms with Crippen molar-refractivity contribution in [2.24, 2.45) is 28.6 Å². The molecular formula is C34H49FO15. The highest BCUT2D eigenvalue weighted by molar-refractivity contribution is 6.01. The number of ether oxygens (including phenoxy) is 4. The Labute approximate surface area is 287 Å². The van der Waals surface area contributed by atoms with Crippen LogP contribution in [-0.4, -0.2) is 156 Å². The minimum absolute atomic E-state index is 0.242. The highest BCUT2D eigenvalue weighted by Crippen LogP contribution is 2.70. The van der Waals surface area contributed by atoms with Crippen LogP contribution < -0.4 is 0 Å². The molecule has 2 aliphatic heterocycles. The summed E-state index contributed by atoms with van der Waals surface area (Å²) in [5.41, 5.74) is -6.33. The SMILES string of the molecule is C[C@@H]1C[C@H]2[C@@H]3CCC4=CC(=O)C=C[C@]4(C)[C@@]3(F)[C@@H](O)C[C@]2(C)[C@@]1(O)C(=O)CO[C@]1(CO)O[C@H](CO)C(O[C@@H]2OC(CO)[C@H](O)[C@@H](O)C2O)[C@H]1O. The van der Waals surface area contributed by atoms with Gasteiger partial charge in [-0.1, -0.05) is 25.5 Å². The summed E-state index contributed by atoms with van der Waals surface area (Å²) in [5.74, 6) is -5.58. The monoisotopic (exact) mass is 716 g/mol. The number of rotatable bonds is 9. The van der Waals surface area contributed by atoms with Crippen LogP contribution in [0.25, 0.3) is 0 Å². The van der Waals surface area contributed by atoms with E-state index in [0.717, 1.165) is 0 Å². The Morgan fingerprint density at radius 3 is 2.34 bits per heavy atom. The Morgan fingerprint density at radius 2 is 1.70 bits per heavy atom. The lowest BCUT2D eigenvalue weighted by atomic mass is 9.44. The molecule has 2 saturated heterocycles. The highest BCUT2D eigenvalue weighted by Gasteiger charge is 2.75. The molecule has 9 N–H and O–H groups in total. The summed E-state index contributed by atoms with van der Waals surface area (Å²) < 4.78 is 39.9. The average Bonchev–Trinajstić information content (AvgIpc) is 3.47. The summed E-state index contributed by atoms with van der Waals surface area (Å²) in [6.07, 6.45) is -10.2. The molecule has 3 unspecified atom stereocenters. The van der Waals surface area contributed by atoms with Crippen molar-refractivity contribution in [3.05, 3.63) is 23.8 Å². The van der Waals surface area contributed by atoms with E-state index in [0.29, 0.717) is 12.0 Å². The number of Topliss-reactive ketones (excluding diaryl/α,β-unsaturated/α-hetero) is 1. The molecule has 4 aliphatic carbocycles. The molecular weight excluding hydrogens is 667 g/mol. The second kappa shape index (κ2) is 13.0. The van der Waals surface area contributed by atoms with E-state index in [-0.39, 0.29) is 25.0 Å². The van der Waals surface area contributed by atoms with Gasteiger partial charge in [-0.2, -0.15) is 0 Å². The van der Waals surface area contributed by atoms with Crippen LogP contribution in [0.4, 0.5) is 4.39 Å². The fraction of sp³-hybridized carbons (Fsp3) is 0.824. The van der Waals surface area contributed by atoms with Gasteiger partial charge in [0.15, 0.2) is 23.5 Å². The van der Waals surface area contributed by atoms with Gasteiger partial charge in [-0.05, 0) is 56.6 Å². The number of carbonyl (C=O) groups is 2. The zero-order chi connectivity index (χ0) is 36.8. The zero-order valence-electron chi connectivity index (χ0n) is 28.2. The minimum Gasteiger partial charge on any atom is -0.394 e. The van der Waals surface area contributed by atoms with E-state index in [2.05, 4.69) is 0 Å². The lowest BCUT2D eigenvalue weighted by molar-refractivity contribution is -0.319. The molecule has 6 rings (SSSR count). The number of fused-ring (bicyclic) bond motifs is 5. The summed E-state index contributed by atoms with van der Waals surface area (Å²) in [6.45, 7) is 1.38. The predicted molar refractivity (Wildman–Crippen MR) is 165 cm³/mol. The van der Waals surface area contributed by atoms with Gasteiger partial charge in [-0.25, -0.2) is 4.39 Å². The molecule has 6 aliphatic rings. The molecule has 0 aromatic rings. The van der Waals surface area contributed by atoms with Crippen LogP contribution in [0.3, 0.4) is 0 Å². The molecule has 0 amide bonds. The van der Waals surface area contributed by atoms with Crippen molar-refractivity contribution in [3.8, 4) is 0 Å². The highest BCUT2D eigenvalue weighted by atomic mass is 19.1. The van der Waals surface area contributed by atoms with Crippen LogP contribution >= 0.6 is 0 Å². The van der Waals surface area contributed by atoms with Gasteiger partial charge < -0.3 is 64.9 Å². The van der Waals surface area contributed by atoms with Crippen LogP contribution in [0.1, 0.15) is 46.5 Å². The standard InChI is InChI=1S/C34H49FO15/c1-15-8-19-18-5-4-16-9-17(39)6-7-30(16,2)33(18,35)22(40)10-31(19,3)34(15,46)23(41)13-47-32(14-38)28(45)27(21(12-37)50-32)49-29-26(44)25(43)24(42)20(11-36)48-29/h6-7,9,15,18-22,24-29,36-38,40,42-46H,4-5,8,10-14H2,1-3H3/t15-,18+,19+,20?,21-,22+,24+,25-,26?,27?,28-,29+,30+,31+,32-,33+,34+/m1/s1. The smallest absolute Gasteiger partial charge is 0.222 e. The number of aliphatic hydroxyl groups excluding tert-OH is 8. The minimum atomic E-state index is -2.40. The van der Waals surface area contributed by atoms with Crippen molar-refractivity contribution in [2.75, 3.05) is 26.4 Å². The molecule has 3 saturated carbocycles. The quantitative estimate of drug-likeness (QED) is 0.120. The van der Waals surface area contributed by atoms with Crippen LogP contribution in [0.2, 0.25) is 0 Å². The Morgan fingerprint density at radius 1 is 1.02 bits per heavy atom. The van der Waals surface area contributed by atoms with Gasteiger partial charge in [-0.3, -0.25) is 9.59 Å². The lowest BCUT2D eigenvalue weighted by Gasteiger charge is -2.62. The Kier molecular flexibility index (Phi) is 9.85. The summed E-state index contributed by atoms with van der Waals surface area (Å²) in [5, 5.41) is 95.8. The van der Waals surface area contributed by atoms with Crippen LogP contribution in [-0.2, 0) is 28.5 Å². The molecule has 0 aromatic heterocycles. The maximum atomic E-state index is 17.5. The number of aliphatic hydroxyl groups is 9. The maximum Gasteiger partial charge on any atom is 0.222 e. The van der Waals surface area contributed by atoms with E-state index < -0.39 is 133 Å². The van der Waals surface area contributed by atoms with Gasteiger partial charge in [0.1, 0.15) is 61.5 Å². The van der Waals surface area contributed by atoms with Crippen molar-refractivity contribution in [3.63, 3.8) is 0 Å². The van der Waals surface area contributed by atoms with Gasteiger partial charge in [0.25, 0.3) is 0 Å². The van der Waals surface area contributed by atoms with Crippen LogP contribution in [0.15, 0.2) is 23.8 Å². The maximum absolute atomic E-state index is 17.5. The summed E-state index contributed by atoms with van der Waals surface area (Å²) >= 11 is 0. The van der Waals surface area contributed by atoms with Crippen molar-refractivity contribution in [1.82, 2.24) is 0 Å². The zero-order valence-corrected chi connectivity index (χ0v) is 28.2. The topological polar surface area (TPSA) is 253 Å². The van der Waals surface area contributed by atoms with E-state index in [1.54, 1.807) is 20.8 Å². The Hall–Kier alpha value is -1.77. The molecule has 15 nitrogen and oxygen atoms in total. The third-order valence-electron chi connectivity index (χ3n) is 13.1. The van der Waals surface area contributed by atoms with E-state index in [1.807, 2.05) is 0 Å². The second-order valence-corrected chi connectivity index (χ2v) is 15.4. The molecule has 5 fully saturated rings. The van der Waals surface area contributed by atoms with E-state index in [9.17, 15) is 55.5 Å². The van der Waals surface area contributed by atoms with Gasteiger partial charge in [0.2, 0.25) is 5.79 Å². The van der Waals surface area contributed by atoms with E-state index in [4.69, 9.17) is 18.9 Å². The molecule has 0 radical (unpaired) electrons. The number of halogens is 1. The number of alkyl halides is 1. The van der Waals surface area contributed by atoms with Crippen LogP contribution in [0, 0.1) is 28.6 Å². The van der Waals surface area contributed by atoms with Crippen molar-refractivity contribution < 1.29 is 78.9 Å². The first-order valence-corrected chi connectivity index (χ1v) is 17.1. The number of hydrogen-bond donors (Lipinski definition) is 9. The van der Waals surface area contributed by atoms with Gasteiger partial charge >= 0.3 is 0 Å². The van der Waals surface area contributed by atoms with Crippen molar-refractivity contribution >= 4 is 11.6 Å². The first-order valence-electron chi connectivity index (χ1n) is 17.1. The summed E-state index contributed by atoms with van der Waals surface area (Å²) in [6, 6.07) is 0. The molecule has 17 atom stereocenters. The number of carbonyl (C=O) groups excluding carboxylic acids is 2. The largest absolute Gasteiger partial charge is 0.394 e. The van der Waals surface area contributed by atoms with Crippen molar-refractivity contribution in [1.29, 1.82) is 0 Å². The summed E-state index contributed by atoms with van der Waals surface area (Å²) in [7, 11) is 0. The number of hydrogen-bond acceptors (Lipinski definition) is 15. The molecule has 282 valence electrons. The van der Waals surface area contributed by atoms with Gasteiger partial charge in [-0.15, -0.1) is 0 Å². The number of ketones is 2. The summed E-state index contributed by atoms with van der Waals surface area (Å²) in [4.78, 5) is 26.3. The first kappa shape index (κ1) is 38.0. The third-order valence-corrected chi connectivity index (χ3v) is 13.1. The van der Waals surface area contributed by atoms with Crippen molar-refractivity contribution in [2.45, 2.75) is 119 Å². The second-order valence-electron chi connectivity index (χ2n) is 15.4. The fourth-order valence-corrected chi connectivity index (χ4v) is 10.2. The average molecular weight is 717 g/mol. The molecule has 16 heteroatoms. The molecule has 0 aromatic carbocycles. The van der Waals surface area contributed by atoms with Gasteiger partial charge in [0.05, 0.1) is 19.3 Å². The van der Waals surface area contributed by atoms with E-state index >= 15 is 4.39 Å². The molecule has 50 heavy (non-hydrogen) atoms. The fourth-order valence-electron chi connectivity index (χ4n) is 10.2.